The van der Waals surface area contributed by atoms with Crippen molar-refractivity contribution in [3.63, 3.8) is 0 Å². The van der Waals surface area contributed by atoms with E-state index in [4.69, 9.17) is 9.94 Å². The second-order valence-corrected chi connectivity index (χ2v) is 8.39. The first-order valence-corrected chi connectivity index (χ1v) is 11.9. The summed E-state index contributed by atoms with van der Waals surface area (Å²) in [7, 11) is 0. The third kappa shape index (κ3) is 8.06. The standard InChI is InChI=1S/C27H34N2O4/c30-26(29-32)17-6-2-5-13-23(27(31)28-19-18-21-10-3-1-4-11-21)20-33-25-16-9-14-22-12-7-8-15-24(22)25/h7-10,12-16,32H,1-6,11,17-20H2,(H,28,31)(H,29,30)/b23-13+. The molecule has 0 aromatic heterocycles. The molecule has 0 saturated heterocycles. The Morgan fingerprint density at radius 3 is 2.73 bits per heavy atom. The molecule has 2 aromatic carbocycles. The number of allylic oxidation sites excluding steroid dienone is 2. The van der Waals surface area contributed by atoms with E-state index in [0.717, 1.165) is 42.2 Å². The van der Waals surface area contributed by atoms with Crippen LogP contribution in [-0.4, -0.2) is 30.2 Å². The molecular formula is C27H34N2O4. The molecule has 33 heavy (non-hydrogen) atoms. The summed E-state index contributed by atoms with van der Waals surface area (Å²) in [4.78, 5) is 24.1. The molecule has 3 N–H and O–H groups in total. The summed E-state index contributed by atoms with van der Waals surface area (Å²) in [5.74, 6) is 0.242. The summed E-state index contributed by atoms with van der Waals surface area (Å²) in [5.41, 5.74) is 3.66. The van der Waals surface area contributed by atoms with Gasteiger partial charge in [0.05, 0.1) is 5.57 Å². The van der Waals surface area contributed by atoms with Crippen LogP contribution in [-0.2, 0) is 9.59 Å². The fourth-order valence-electron chi connectivity index (χ4n) is 4.04. The van der Waals surface area contributed by atoms with Gasteiger partial charge in [-0.1, -0.05) is 54.1 Å². The van der Waals surface area contributed by atoms with Crippen LogP contribution in [0, 0.1) is 0 Å². The van der Waals surface area contributed by atoms with Crippen LogP contribution in [0.2, 0.25) is 0 Å². The van der Waals surface area contributed by atoms with Gasteiger partial charge in [-0.15, -0.1) is 0 Å². The Balaban J connectivity index is 1.59. The first kappa shape index (κ1) is 24.5. The van der Waals surface area contributed by atoms with Gasteiger partial charge in [-0.2, -0.15) is 0 Å². The molecule has 0 radical (unpaired) electrons. The van der Waals surface area contributed by atoms with Crippen molar-refractivity contribution < 1.29 is 19.5 Å². The Hall–Kier alpha value is -3.12. The van der Waals surface area contributed by atoms with Crippen LogP contribution in [0.3, 0.4) is 0 Å². The maximum Gasteiger partial charge on any atom is 0.250 e. The number of hydrogen-bond acceptors (Lipinski definition) is 4. The summed E-state index contributed by atoms with van der Waals surface area (Å²) in [5, 5.41) is 13.7. The molecule has 0 heterocycles. The molecular weight excluding hydrogens is 416 g/mol. The summed E-state index contributed by atoms with van der Waals surface area (Å²) >= 11 is 0. The SMILES string of the molecule is O=C(CCCC/C=C(\COc1cccc2ccccc12)C(=O)NCCC1=CCCCC1)NO. The van der Waals surface area contributed by atoms with Crippen LogP contribution in [0.25, 0.3) is 10.8 Å². The first-order valence-electron chi connectivity index (χ1n) is 11.9. The highest BCUT2D eigenvalue weighted by Gasteiger charge is 2.12. The smallest absolute Gasteiger partial charge is 0.250 e. The molecule has 0 saturated carbocycles. The topological polar surface area (TPSA) is 87.7 Å². The third-order valence-electron chi connectivity index (χ3n) is 5.91. The number of hydroxylamine groups is 1. The molecule has 0 aliphatic heterocycles. The van der Waals surface area contributed by atoms with Gasteiger partial charge >= 0.3 is 0 Å². The quantitative estimate of drug-likeness (QED) is 0.136. The fourth-order valence-corrected chi connectivity index (χ4v) is 4.04. The maximum atomic E-state index is 12.9. The molecule has 0 unspecified atom stereocenters. The molecule has 0 atom stereocenters. The lowest BCUT2D eigenvalue weighted by Crippen LogP contribution is -2.28. The Labute approximate surface area is 195 Å². The molecule has 3 rings (SSSR count). The molecule has 2 amide bonds. The minimum atomic E-state index is -0.395. The van der Waals surface area contributed by atoms with E-state index < -0.39 is 5.91 Å². The van der Waals surface area contributed by atoms with Crippen molar-refractivity contribution in [2.75, 3.05) is 13.2 Å². The van der Waals surface area contributed by atoms with Crippen molar-refractivity contribution in [1.82, 2.24) is 10.8 Å². The number of carbonyl (C=O) groups excluding carboxylic acids is 2. The monoisotopic (exact) mass is 450 g/mol. The maximum absolute atomic E-state index is 12.9. The predicted molar refractivity (Wildman–Crippen MR) is 130 cm³/mol. The Bertz CT molecular complexity index is 991. The van der Waals surface area contributed by atoms with Gasteiger partial charge in [-0.05, 0) is 62.8 Å². The van der Waals surface area contributed by atoms with E-state index in [1.807, 2.05) is 48.5 Å². The largest absolute Gasteiger partial charge is 0.488 e. The van der Waals surface area contributed by atoms with Gasteiger partial charge in [0.2, 0.25) is 11.8 Å². The number of benzene rings is 2. The van der Waals surface area contributed by atoms with Crippen LogP contribution in [0.4, 0.5) is 0 Å². The van der Waals surface area contributed by atoms with Crippen LogP contribution in [0.1, 0.15) is 57.8 Å². The van der Waals surface area contributed by atoms with E-state index in [-0.39, 0.29) is 18.9 Å². The number of rotatable bonds is 12. The van der Waals surface area contributed by atoms with E-state index in [0.29, 0.717) is 25.0 Å². The number of fused-ring (bicyclic) bond motifs is 1. The zero-order valence-electron chi connectivity index (χ0n) is 19.1. The van der Waals surface area contributed by atoms with Crippen molar-refractivity contribution in [3.8, 4) is 5.75 Å². The highest BCUT2D eigenvalue weighted by molar-refractivity contribution is 5.94. The summed E-state index contributed by atoms with van der Waals surface area (Å²) < 4.78 is 6.07. The van der Waals surface area contributed by atoms with E-state index in [1.165, 1.54) is 18.4 Å². The zero-order chi connectivity index (χ0) is 23.3. The van der Waals surface area contributed by atoms with E-state index in [2.05, 4.69) is 11.4 Å². The minimum Gasteiger partial charge on any atom is -0.488 e. The molecule has 1 aliphatic carbocycles. The van der Waals surface area contributed by atoms with E-state index in [9.17, 15) is 9.59 Å². The van der Waals surface area contributed by atoms with Crippen molar-refractivity contribution in [3.05, 3.63) is 65.8 Å². The number of amides is 2. The second-order valence-electron chi connectivity index (χ2n) is 8.39. The number of nitrogens with one attached hydrogen (secondary N) is 2. The molecule has 0 bridgehead atoms. The molecule has 176 valence electrons. The van der Waals surface area contributed by atoms with Gasteiger partial charge in [-0.25, -0.2) is 5.48 Å². The van der Waals surface area contributed by atoms with Gasteiger partial charge < -0.3 is 10.1 Å². The molecule has 6 nitrogen and oxygen atoms in total. The average molecular weight is 451 g/mol. The van der Waals surface area contributed by atoms with Crippen molar-refractivity contribution in [1.29, 1.82) is 0 Å². The van der Waals surface area contributed by atoms with Crippen molar-refractivity contribution >= 4 is 22.6 Å². The summed E-state index contributed by atoms with van der Waals surface area (Å²) in [6.45, 7) is 0.798. The van der Waals surface area contributed by atoms with Gasteiger partial charge in [0, 0.05) is 18.4 Å². The number of carbonyl (C=O) groups is 2. The predicted octanol–water partition coefficient (Wildman–Crippen LogP) is 5.22. The molecule has 0 fully saturated rings. The second kappa shape index (κ2) is 13.4. The normalized spacial score (nSPS) is 14.0. The number of unbranched alkanes of at least 4 members (excludes halogenated alkanes) is 2. The van der Waals surface area contributed by atoms with Crippen molar-refractivity contribution in [2.45, 2.75) is 57.8 Å². The first-order chi connectivity index (χ1) is 16.2. The van der Waals surface area contributed by atoms with Crippen molar-refractivity contribution in [2.24, 2.45) is 0 Å². The van der Waals surface area contributed by atoms with Crippen LogP contribution < -0.4 is 15.5 Å². The zero-order valence-corrected chi connectivity index (χ0v) is 19.1. The molecule has 6 heteroatoms. The Morgan fingerprint density at radius 2 is 1.91 bits per heavy atom. The Morgan fingerprint density at radius 1 is 1.06 bits per heavy atom. The number of hydrogen-bond donors (Lipinski definition) is 3. The summed E-state index contributed by atoms with van der Waals surface area (Å²) in [6, 6.07) is 13.9. The highest BCUT2D eigenvalue weighted by Crippen LogP contribution is 2.25. The van der Waals surface area contributed by atoms with E-state index >= 15 is 0 Å². The van der Waals surface area contributed by atoms with Crippen LogP contribution in [0.5, 0.6) is 5.75 Å². The molecule has 2 aromatic rings. The summed E-state index contributed by atoms with van der Waals surface area (Å²) in [6.07, 6.45) is 12.1. The number of ether oxygens (including phenoxy) is 1. The highest BCUT2D eigenvalue weighted by atomic mass is 16.5. The van der Waals surface area contributed by atoms with E-state index in [1.54, 1.807) is 5.48 Å². The Kier molecular flexibility index (Phi) is 9.98. The third-order valence-corrected chi connectivity index (χ3v) is 5.91. The minimum absolute atomic E-state index is 0.111. The molecule has 0 spiro atoms. The molecule has 1 aliphatic rings. The fraction of sp³-hybridized carbons (Fsp3) is 0.407. The van der Waals surface area contributed by atoms with Crippen LogP contribution in [0.15, 0.2) is 65.8 Å². The lowest BCUT2D eigenvalue weighted by molar-refractivity contribution is -0.129. The van der Waals surface area contributed by atoms with Gasteiger partial charge in [0.15, 0.2) is 0 Å². The lowest BCUT2D eigenvalue weighted by Gasteiger charge is -2.15. The van der Waals surface area contributed by atoms with Gasteiger partial charge in [-0.3, -0.25) is 14.8 Å². The van der Waals surface area contributed by atoms with Crippen LogP contribution >= 0.6 is 0 Å². The lowest BCUT2D eigenvalue weighted by atomic mass is 9.97. The average Bonchev–Trinajstić information content (AvgIpc) is 2.86. The van der Waals surface area contributed by atoms with Gasteiger partial charge in [0.25, 0.3) is 0 Å². The van der Waals surface area contributed by atoms with Gasteiger partial charge in [0.1, 0.15) is 12.4 Å².